The Morgan fingerprint density at radius 3 is 2.48 bits per heavy atom. The third kappa shape index (κ3) is 3.12. The Kier molecular flexibility index (Phi) is 4.40. The molecular formula is C13H17N3O4S. The van der Waals surface area contributed by atoms with Gasteiger partial charge in [-0.2, -0.15) is 4.31 Å². The average Bonchev–Trinajstić information content (AvgIpc) is 2.43. The van der Waals surface area contributed by atoms with Gasteiger partial charge < -0.3 is 5.32 Å². The van der Waals surface area contributed by atoms with Gasteiger partial charge in [0.1, 0.15) is 6.04 Å². The summed E-state index contributed by atoms with van der Waals surface area (Å²) < 4.78 is 26.0. The summed E-state index contributed by atoms with van der Waals surface area (Å²) in [5.74, 6) is -1.23. The average molecular weight is 311 g/mol. The van der Waals surface area contributed by atoms with Crippen LogP contribution in [-0.4, -0.2) is 44.2 Å². The van der Waals surface area contributed by atoms with Gasteiger partial charge in [-0.3, -0.25) is 14.9 Å². The Morgan fingerprint density at radius 2 is 1.90 bits per heavy atom. The molecule has 0 saturated carbocycles. The highest BCUT2D eigenvalue weighted by molar-refractivity contribution is 7.89. The summed E-state index contributed by atoms with van der Waals surface area (Å²) in [6.07, 6.45) is 0. The Bertz CT molecular complexity index is 654. The van der Waals surface area contributed by atoms with E-state index in [4.69, 9.17) is 0 Å². The number of hydrogen-bond acceptors (Lipinski definition) is 5. The van der Waals surface area contributed by atoms with Crippen LogP contribution < -0.4 is 10.6 Å². The zero-order chi connectivity index (χ0) is 15.6. The summed E-state index contributed by atoms with van der Waals surface area (Å²) >= 11 is 0. The first-order chi connectivity index (χ1) is 9.86. The van der Waals surface area contributed by atoms with Gasteiger partial charge in [-0.05, 0) is 31.7 Å². The van der Waals surface area contributed by atoms with Crippen LogP contribution in [0.3, 0.4) is 0 Å². The molecule has 1 heterocycles. The lowest BCUT2D eigenvalue weighted by atomic mass is 10.2. The Balaban J connectivity index is 2.32. The van der Waals surface area contributed by atoms with Gasteiger partial charge >= 0.3 is 0 Å². The molecule has 21 heavy (non-hydrogen) atoms. The molecule has 8 heteroatoms. The SMILES string of the molecule is CNCc1ccc(S(=O)(=O)N2CC(=O)NC(=O)C2C)cc1. The second kappa shape index (κ2) is 5.92. The third-order valence-corrected chi connectivity index (χ3v) is 5.21. The van der Waals surface area contributed by atoms with Gasteiger partial charge in [-0.25, -0.2) is 8.42 Å². The van der Waals surface area contributed by atoms with Gasteiger partial charge in [0.25, 0.3) is 0 Å². The molecule has 2 rings (SSSR count). The van der Waals surface area contributed by atoms with Crippen LogP contribution in [0.15, 0.2) is 29.2 Å². The van der Waals surface area contributed by atoms with Crippen molar-refractivity contribution < 1.29 is 18.0 Å². The number of piperazine rings is 1. The van der Waals surface area contributed by atoms with E-state index in [9.17, 15) is 18.0 Å². The first kappa shape index (κ1) is 15.6. The number of carbonyl (C=O) groups is 2. The van der Waals surface area contributed by atoms with Crippen molar-refractivity contribution in [3.63, 3.8) is 0 Å². The van der Waals surface area contributed by atoms with E-state index in [1.54, 1.807) is 19.2 Å². The van der Waals surface area contributed by atoms with Gasteiger partial charge in [-0.1, -0.05) is 12.1 Å². The van der Waals surface area contributed by atoms with Crippen LogP contribution in [0.25, 0.3) is 0 Å². The lowest BCUT2D eigenvalue weighted by Gasteiger charge is -2.30. The molecule has 1 aromatic rings. The topological polar surface area (TPSA) is 95.6 Å². The molecule has 1 unspecified atom stereocenters. The fourth-order valence-electron chi connectivity index (χ4n) is 2.10. The summed E-state index contributed by atoms with van der Waals surface area (Å²) in [6.45, 7) is 1.73. The maximum absolute atomic E-state index is 12.5. The molecular weight excluding hydrogens is 294 g/mol. The minimum atomic E-state index is -3.88. The molecule has 7 nitrogen and oxygen atoms in total. The van der Waals surface area contributed by atoms with Crippen molar-refractivity contribution in [1.29, 1.82) is 0 Å². The monoisotopic (exact) mass is 311 g/mol. The van der Waals surface area contributed by atoms with Crippen LogP contribution in [0.1, 0.15) is 12.5 Å². The third-order valence-electron chi connectivity index (χ3n) is 3.28. The molecule has 1 atom stereocenters. The molecule has 1 saturated heterocycles. The quantitative estimate of drug-likeness (QED) is 0.727. The van der Waals surface area contributed by atoms with Crippen molar-refractivity contribution in [2.24, 2.45) is 0 Å². The lowest BCUT2D eigenvalue weighted by molar-refractivity contribution is -0.136. The van der Waals surface area contributed by atoms with Crippen molar-refractivity contribution in [1.82, 2.24) is 14.9 Å². The zero-order valence-electron chi connectivity index (χ0n) is 11.8. The van der Waals surface area contributed by atoms with E-state index in [0.29, 0.717) is 6.54 Å². The number of imide groups is 1. The number of nitrogens with zero attached hydrogens (tertiary/aromatic N) is 1. The number of rotatable bonds is 4. The van der Waals surface area contributed by atoms with E-state index in [1.165, 1.54) is 19.1 Å². The van der Waals surface area contributed by atoms with Crippen LogP contribution in [-0.2, 0) is 26.2 Å². The molecule has 1 aliphatic heterocycles. The molecule has 1 aromatic carbocycles. The van der Waals surface area contributed by atoms with E-state index in [1.807, 2.05) is 0 Å². The molecule has 0 radical (unpaired) electrons. The fourth-order valence-corrected chi connectivity index (χ4v) is 3.65. The van der Waals surface area contributed by atoms with Gasteiger partial charge in [0.15, 0.2) is 0 Å². The molecule has 114 valence electrons. The van der Waals surface area contributed by atoms with Crippen molar-refractivity contribution in [3.05, 3.63) is 29.8 Å². The van der Waals surface area contributed by atoms with Crippen molar-refractivity contribution >= 4 is 21.8 Å². The lowest BCUT2D eigenvalue weighted by Crippen LogP contribution is -2.58. The van der Waals surface area contributed by atoms with Crippen LogP contribution in [0, 0.1) is 0 Å². The normalized spacial score (nSPS) is 20.4. The predicted molar refractivity (Wildman–Crippen MR) is 75.7 cm³/mol. The van der Waals surface area contributed by atoms with Gasteiger partial charge in [0, 0.05) is 6.54 Å². The Labute approximate surface area is 123 Å². The van der Waals surface area contributed by atoms with Crippen molar-refractivity contribution in [3.8, 4) is 0 Å². The highest BCUT2D eigenvalue weighted by atomic mass is 32.2. The van der Waals surface area contributed by atoms with Crippen molar-refractivity contribution in [2.45, 2.75) is 24.4 Å². The minimum Gasteiger partial charge on any atom is -0.316 e. The minimum absolute atomic E-state index is 0.0664. The van der Waals surface area contributed by atoms with E-state index >= 15 is 0 Å². The molecule has 2 amide bonds. The number of carbonyl (C=O) groups excluding carboxylic acids is 2. The molecule has 1 fully saturated rings. The van der Waals surface area contributed by atoms with E-state index in [0.717, 1.165) is 9.87 Å². The number of hydrogen-bond donors (Lipinski definition) is 2. The molecule has 2 N–H and O–H groups in total. The molecule has 0 aromatic heterocycles. The zero-order valence-corrected chi connectivity index (χ0v) is 12.6. The molecule has 0 spiro atoms. The van der Waals surface area contributed by atoms with E-state index in [-0.39, 0.29) is 11.4 Å². The highest BCUT2D eigenvalue weighted by Crippen LogP contribution is 2.20. The summed E-state index contributed by atoms with van der Waals surface area (Å²) in [7, 11) is -2.08. The summed E-state index contributed by atoms with van der Waals surface area (Å²) in [6, 6.07) is 5.43. The number of nitrogens with one attached hydrogen (secondary N) is 2. The Morgan fingerprint density at radius 1 is 1.29 bits per heavy atom. The van der Waals surface area contributed by atoms with E-state index in [2.05, 4.69) is 10.6 Å². The maximum Gasteiger partial charge on any atom is 0.244 e. The summed E-state index contributed by atoms with van der Waals surface area (Å²) in [5, 5.41) is 5.08. The smallest absolute Gasteiger partial charge is 0.244 e. The molecule has 0 aliphatic carbocycles. The second-order valence-corrected chi connectivity index (χ2v) is 6.70. The van der Waals surface area contributed by atoms with Crippen LogP contribution in [0.2, 0.25) is 0 Å². The first-order valence-electron chi connectivity index (χ1n) is 6.45. The van der Waals surface area contributed by atoms with Gasteiger partial charge in [0.2, 0.25) is 21.8 Å². The van der Waals surface area contributed by atoms with Gasteiger partial charge in [0.05, 0.1) is 11.4 Å². The fraction of sp³-hybridized carbons (Fsp3) is 0.385. The predicted octanol–water partition coefficient (Wildman–Crippen LogP) is -0.558. The highest BCUT2D eigenvalue weighted by Gasteiger charge is 2.38. The van der Waals surface area contributed by atoms with Crippen LogP contribution in [0.5, 0.6) is 0 Å². The van der Waals surface area contributed by atoms with Crippen LogP contribution in [0.4, 0.5) is 0 Å². The first-order valence-corrected chi connectivity index (χ1v) is 7.89. The number of benzene rings is 1. The van der Waals surface area contributed by atoms with E-state index < -0.39 is 27.9 Å². The Hall–Kier alpha value is -1.77. The summed E-state index contributed by atoms with van der Waals surface area (Å²) in [4.78, 5) is 23.1. The van der Waals surface area contributed by atoms with Gasteiger partial charge in [-0.15, -0.1) is 0 Å². The number of sulfonamides is 1. The molecule has 1 aliphatic rings. The number of amides is 2. The maximum atomic E-state index is 12.5. The summed E-state index contributed by atoms with van der Waals surface area (Å²) in [5.41, 5.74) is 0.942. The van der Waals surface area contributed by atoms with Crippen molar-refractivity contribution in [2.75, 3.05) is 13.6 Å². The molecule has 0 bridgehead atoms. The second-order valence-electron chi connectivity index (χ2n) is 4.81. The van der Waals surface area contributed by atoms with Crippen LogP contribution >= 0.6 is 0 Å². The standard InChI is InChI=1S/C13H17N3O4S/c1-9-13(18)15-12(17)8-16(9)21(19,20)11-5-3-10(4-6-11)7-14-2/h3-6,9,14H,7-8H2,1-2H3,(H,15,17,18). The largest absolute Gasteiger partial charge is 0.316 e.